The second-order valence-electron chi connectivity index (χ2n) is 5.07. The lowest BCUT2D eigenvalue weighted by atomic mass is 10.2. The molecule has 6 nitrogen and oxygen atoms in total. The Morgan fingerprint density at radius 1 is 1.19 bits per heavy atom. The van der Waals surface area contributed by atoms with E-state index in [1.165, 1.54) is 0 Å². The first kappa shape index (κ1) is 11.9. The molecular formula is C15H14N6. The van der Waals surface area contributed by atoms with Gasteiger partial charge in [0.25, 0.3) is 0 Å². The minimum absolute atomic E-state index is 0.462. The molecule has 1 aromatic carbocycles. The van der Waals surface area contributed by atoms with Crippen LogP contribution in [0.5, 0.6) is 0 Å². The summed E-state index contributed by atoms with van der Waals surface area (Å²) >= 11 is 0. The van der Waals surface area contributed by atoms with Gasteiger partial charge in [0.05, 0.1) is 16.9 Å². The van der Waals surface area contributed by atoms with Gasteiger partial charge in [-0.15, -0.1) is 0 Å². The van der Waals surface area contributed by atoms with E-state index in [0.29, 0.717) is 5.95 Å². The number of aryl methyl sites for hydroxylation is 2. The van der Waals surface area contributed by atoms with Crippen molar-refractivity contribution in [2.24, 2.45) is 7.05 Å². The highest BCUT2D eigenvalue weighted by Crippen LogP contribution is 2.26. The van der Waals surface area contributed by atoms with Crippen LogP contribution in [-0.2, 0) is 7.05 Å². The number of nitrogens with zero attached hydrogens (tertiary/aromatic N) is 5. The lowest BCUT2D eigenvalue weighted by Gasteiger charge is -2.08. The van der Waals surface area contributed by atoms with Crippen molar-refractivity contribution in [1.82, 2.24) is 24.3 Å². The Bertz CT molecular complexity index is 979. The zero-order valence-electron chi connectivity index (χ0n) is 11.8. The molecule has 0 radical (unpaired) electrons. The van der Waals surface area contributed by atoms with Crippen molar-refractivity contribution in [1.29, 1.82) is 0 Å². The molecule has 6 heteroatoms. The van der Waals surface area contributed by atoms with Crippen molar-refractivity contribution in [3.05, 3.63) is 42.2 Å². The normalized spacial score (nSPS) is 11.5. The number of aromatic nitrogens is 5. The van der Waals surface area contributed by atoms with Crippen LogP contribution in [0.15, 0.2) is 36.5 Å². The molecule has 0 amide bonds. The molecular weight excluding hydrogens is 264 g/mol. The van der Waals surface area contributed by atoms with Gasteiger partial charge in [-0.3, -0.25) is 9.55 Å². The predicted octanol–water partition coefficient (Wildman–Crippen LogP) is 2.20. The molecule has 0 atom stereocenters. The number of hydrogen-bond acceptors (Lipinski definition) is 4. The first-order valence-corrected chi connectivity index (χ1v) is 6.68. The van der Waals surface area contributed by atoms with Crippen LogP contribution in [0, 0.1) is 6.92 Å². The van der Waals surface area contributed by atoms with Crippen molar-refractivity contribution in [2.45, 2.75) is 6.92 Å². The van der Waals surface area contributed by atoms with E-state index in [1.807, 2.05) is 47.5 Å². The summed E-state index contributed by atoms with van der Waals surface area (Å²) in [6, 6.07) is 9.99. The van der Waals surface area contributed by atoms with E-state index in [1.54, 1.807) is 6.20 Å². The molecule has 3 heterocycles. The van der Waals surface area contributed by atoms with Gasteiger partial charge in [0.2, 0.25) is 5.95 Å². The Balaban J connectivity index is 2.05. The zero-order valence-corrected chi connectivity index (χ0v) is 11.8. The number of nitrogens with two attached hydrogens (primary N) is 1. The molecule has 0 unspecified atom stereocenters. The van der Waals surface area contributed by atoms with Crippen LogP contribution in [0.1, 0.15) is 5.69 Å². The molecule has 0 aliphatic heterocycles. The molecule has 0 aliphatic carbocycles. The van der Waals surface area contributed by atoms with Gasteiger partial charge in [-0.25, -0.2) is 9.67 Å². The molecule has 104 valence electrons. The fourth-order valence-corrected chi connectivity index (χ4v) is 2.75. The van der Waals surface area contributed by atoms with E-state index in [4.69, 9.17) is 5.73 Å². The van der Waals surface area contributed by atoms with Crippen molar-refractivity contribution < 1.29 is 0 Å². The van der Waals surface area contributed by atoms with Crippen molar-refractivity contribution in [3.8, 4) is 5.69 Å². The topological polar surface area (TPSA) is 74.6 Å². The minimum atomic E-state index is 0.462. The number of fused-ring (bicyclic) bond motifs is 2. The standard InChI is InChI=1S/C15H14N6/c1-9-13-14(20(2)19-9)21(15(16)18-13)11-5-6-12-10(8-11)4-3-7-17-12/h3-8H,1-2H3,(H2,16,18). The second kappa shape index (κ2) is 4.05. The van der Waals surface area contributed by atoms with Crippen molar-refractivity contribution in [2.75, 3.05) is 5.73 Å². The monoisotopic (exact) mass is 278 g/mol. The fourth-order valence-electron chi connectivity index (χ4n) is 2.75. The maximum absolute atomic E-state index is 6.11. The Labute approximate surface area is 120 Å². The molecule has 2 N–H and O–H groups in total. The molecule has 0 saturated carbocycles. The number of hydrogen-bond donors (Lipinski definition) is 1. The maximum atomic E-state index is 6.11. The highest BCUT2D eigenvalue weighted by Gasteiger charge is 2.17. The second-order valence-corrected chi connectivity index (χ2v) is 5.07. The molecule has 0 saturated heterocycles. The van der Waals surface area contributed by atoms with Gasteiger partial charge in [-0.1, -0.05) is 6.07 Å². The zero-order chi connectivity index (χ0) is 14.6. The summed E-state index contributed by atoms with van der Waals surface area (Å²) in [6.07, 6.45) is 1.79. The lowest BCUT2D eigenvalue weighted by molar-refractivity contribution is 0.762. The van der Waals surface area contributed by atoms with Gasteiger partial charge in [0.15, 0.2) is 5.65 Å². The number of rotatable bonds is 1. The molecule has 0 fully saturated rings. The van der Waals surface area contributed by atoms with E-state index < -0.39 is 0 Å². The van der Waals surface area contributed by atoms with Crippen LogP contribution in [0.25, 0.3) is 27.8 Å². The molecule has 21 heavy (non-hydrogen) atoms. The summed E-state index contributed by atoms with van der Waals surface area (Å²) in [7, 11) is 1.90. The lowest BCUT2D eigenvalue weighted by Crippen LogP contribution is -2.04. The molecule has 3 aromatic heterocycles. The number of anilines is 1. The van der Waals surface area contributed by atoms with E-state index in [-0.39, 0.29) is 0 Å². The number of benzene rings is 1. The van der Waals surface area contributed by atoms with Gasteiger partial charge in [-0.2, -0.15) is 5.10 Å². The largest absolute Gasteiger partial charge is 0.369 e. The smallest absolute Gasteiger partial charge is 0.207 e. The van der Waals surface area contributed by atoms with Crippen molar-refractivity contribution >= 4 is 28.0 Å². The highest BCUT2D eigenvalue weighted by molar-refractivity contribution is 5.84. The van der Waals surface area contributed by atoms with Gasteiger partial charge >= 0.3 is 0 Å². The summed E-state index contributed by atoms with van der Waals surface area (Å²) in [5, 5.41) is 5.47. The third kappa shape index (κ3) is 1.62. The van der Waals surface area contributed by atoms with E-state index in [9.17, 15) is 0 Å². The first-order chi connectivity index (χ1) is 10.1. The summed E-state index contributed by atoms with van der Waals surface area (Å²) in [5.74, 6) is 0.462. The van der Waals surface area contributed by atoms with Crippen LogP contribution in [0.3, 0.4) is 0 Å². The van der Waals surface area contributed by atoms with Gasteiger partial charge in [0.1, 0.15) is 5.52 Å². The average molecular weight is 278 g/mol. The van der Waals surface area contributed by atoms with Crippen LogP contribution < -0.4 is 5.73 Å². The Morgan fingerprint density at radius 3 is 2.90 bits per heavy atom. The Hall–Kier alpha value is -2.89. The third-order valence-corrected chi connectivity index (χ3v) is 3.67. The number of imidazole rings is 1. The fraction of sp³-hybridized carbons (Fsp3) is 0.133. The average Bonchev–Trinajstić information content (AvgIpc) is 2.96. The molecule has 4 aromatic rings. The summed E-state index contributed by atoms with van der Waals surface area (Å²) in [4.78, 5) is 8.77. The SMILES string of the molecule is Cc1nn(C)c2c1nc(N)n2-c1ccc2ncccc2c1. The molecule has 0 bridgehead atoms. The minimum Gasteiger partial charge on any atom is -0.369 e. The highest BCUT2D eigenvalue weighted by atomic mass is 15.3. The van der Waals surface area contributed by atoms with E-state index in [0.717, 1.165) is 33.4 Å². The Kier molecular flexibility index (Phi) is 2.29. The van der Waals surface area contributed by atoms with E-state index >= 15 is 0 Å². The summed E-state index contributed by atoms with van der Waals surface area (Å²) in [6.45, 7) is 1.93. The number of pyridine rings is 1. The number of nitrogen functional groups attached to an aromatic ring is 1. The van der Waals surface area contributed by atoms with Gasteiger partial charge < -0.3 is 5.73 Å². The van der Waals surface area contributed by atoms with E-state index in [2.05, 4.69) is 21.1 Å². The van der Waals surface area contributed by atoms with Gasteiger partial charge in [0, 0.05) is 18.6 Å². The maximum Gasteiger partial charge on any atom is 0.207 e. The summed E-state index contributed by atoms with van der Waals surface area (Å²) < 4.78 is 3.73. The van der Waals surface area contributed by atoms with Crippen LogP contribution in [0.2, 0.25) is 0 Å². The van der Waals surface area contributed by atoms with Crippen LogP contribution >= 0.6 is 0 Å². The third-order valence-electron chi connectivity index (χ3n) is 3.67. The van der Waals surface area contributed by atoms with Crippen LogP contribution in [0.4, 0.5) is 5.95 Å². The molecule has 4 rings (SSSR count). The van der Waals surface area contributed by atoms with Gasteiger partial charge in [-0.05, 0) is 31.2 Å². The summed E-state index contributed by atoms with van der Waals surface area (Å²) in [5.41, 5.74) is 10.6. The van der Waals surface area contributed by atoms with Crippen LogP contribution in [-0.4, -0.2) is 24.3 Å². The van der Waals surface area contributed by atoms with Crippen molar-refractivity contribution in [3.63, 3.8) is 0 Å². The first-order valence-electron chi connectivity index (χ1n) is 6.68. The Morgan fingerprint density at radius 2 is 2.05 bits per heavy atom. The quantitative estimate of drug-likeness (QED) is 0.579. The molecule has 0 spiro atoms. The molecule has 0 aliphatic rings. The predicted molar refractivity (Wildman–Crippen MR) is 82.3 cm³/mol.